The number of carbonyl (C=O) groups excluding carboxylic acids is 1. The standard InChI is InChI=1S/C17H23NO4/c1-17(2,3)22-16(21)14(15(19)20)10-9-13(18)11-12-7-5-4-6-8-12/h4-10,13-14H,11,18H2,1-3H3,(H,19,20)/t13-,14?/m1/s1. The van der Waals surface area contributed by atoms with Gasteiger partial charge in [-0.1, -0.05) is 42.5 Å². The number of carboxylic acid groups (broad SMARTS) is 1. The molecule has 0 spiro atoms. The molecule has 1 aromatic carbocycles. The van der Waals surface area contributed by atoms with Crippen LogP contribution in [0.15, 0.2) is 42.5 Å². The van der Waals surface area contributed by atoms with Crippen LogP contribution in [0.5, 0.6) is 0 Å². The zero-order valence-corrected chi connectivity index (χ0v) is 13.2. The van der Waals surface area contributed by atoms with Crippen LogP contribution in [0.2, 0.25) is 0 Å². The first-order valence-corrected chi connectivity index (χ1v) is 7.12. The second kappa shape index (κ2) is 7.75. The Morgan fingerprint density at radius 1 is 1.23 bits per heavy atom. The van der Waals surface area contributed by atoms with Gasteiger partial charge in [0.25, 0.3) is 0 Å². The van der Waals surface area contributed by atoms with Crippen molar-refractivity contribution >= 4 is 11.9 Å². The molecular weight excluding hydrogens is 282 g/mol. The van der Waals surface area contributed by atoms with Crippen LogP contribution in [-0.2, 0) is 20.7 Å². The lowest BCUT2D eigenvalue weighted by molar-refractivity contribution is -0.164. The van der Waals surface area contributed by atoms with Gasteiger partial charge in [-0.25, -0.2) is 0 Å². The molecule has 0 amide bonds. The van der Waals surface area contributed by atoms with Gasteiger partial charge in [-0.15, -0.1) is 0 Å². The molecule has 0 aromatic heterocycles. The van der Waals surface area contributed by atoms with Gasteiger partial charge in [0.15, 0.2) is 5.92 Å². The predicted molar refractivity (Wildman–Crippen MR) is 84.2 cm³/mol. The Labute approximate surface area is 130 Å². The van der Waals surface area contributed by atoms with Crippen LogP contribution >= 0.6 is 0 Å². The lowest BCUT2D eigenvalue weighted by Crippen LogP contribution is -2.32. The summed E-state index contributed by atoms with van der Waals surface area (Å²) in [5, 5.41) is 9.15. The van der Waals surface area contributed by atoms with Crippen LogP contribution < -0.4 is 5.73 Å². The van der Waals surface area contributed by atoms with E-state index in [1.807, 2.05) is 30.3 Å². The molecule has 0 saturated heterocycles. The van der Waals surface area contributed by atoms with E-state index >= 15 is 0 Å². The van der Waals surface area contributed by atoms with Crippen molar-refractivity contribution in [1.29, 1.82) is 0 Å². The van der Waals surface area contributed by atoms with Gasteiger partial charge in [-0.05, 0) is 32.8 Å². The van der Waals surface area contributed by atoms with Gasteiger partial charge in [0.05, 0.1) is 0 Å². The quantitative estimate of drug-likeness (QED) is 0.477. The molecule has 1 rings (SSSR count). The van der Waals surface area contributed by atoms with Gasteiger partial charge in [-0.2, -0.15) is 0 Å². The van der Waals surface area contributed by atoms with Gasteiger partial charge in [0, 0.05) is 6.04 Å². The molecule has 0 radical (unpaired) electrons. The number of ether oxygens (including phenoxy) is 1. The summed E-state index contributed by atoms with van der Waals surface area (Å²) < 4.78 is 5.10. The van der Waals surface area contributed by atoms with Crippen LogP contribution in [0.25, 0.3) is 0 Å². The van der Waals surface area contributed by atoms with Crippen molar-refractivity contribution in [1.82, 2.24) is 0 Å². The lowest BCUT2D eigenvalue weighted by Gasteiger charge is -2.21. The van der Waals surface area contributed by atoms with E-state index < -0.39 is 23.5 Å². The Balaban J connectivity index is 2.69. The third kappa shape index (κ3) is 6.54. The summed E-state index contributed by atoms with van der Waals surface area (Å²) in [6, 6.07) is 9.24. The molecule has 0 bridgehead atoms. The summed E-state index contributed by atoms with van der Waals surface area (Å²) in [5.41, 5.74) is 6.26. The number of carbonyl (C=O) groups is 2. The molecular formula is C17H23NO4. The maximum absolute atomic E-state index is 11.9. The molecule has 5 heteroatoms. The predicted octanol–water partition coefficient (Wildman–Crippen LogP) is 2.16. The lowest BCUT2D eigenvalue weighted by atomic mass is 10.0. The fraction of sp³-hybridized carbons (Fsp3) is 0.412. The first kappa shape index (κ1) is 17.9. The molecule has 0 aliphatic carbocycles. The Hall–Kier alpha value is -2.14. The summed E-state index contributed by atoms with van der Waals surface area (Å²) >= 11 is 0. The molecule has 0 fully saturated rings. The van der Waals surface area contributed by atoms with Crippen molar-refractivity contribution in [3.63, 3.8) is 0 Å². The van der Waals surface area contributed by atoms with Gasteiger partial charge >= 0.3 is 11.9 Å². The van der Waals surface area contributed by atoms with Crippen LogP contribution in [0.3, 0.4) is 0 Å². The van der Waals surface area contributed by atoms with E-state index in [0.717, 1.165) is 5.56 Å². The van der Waals surface area contributed by atoms with E-state index in [-0.39, 0.29) is 6.04 Å². The molecule has 0 aliphatic rings. The minimum atomic E-state index is -1.35. The summed E-state index contributed by atoms with van der Waals surface area (Å²) in [6.07, 6.45) is 3.40. The number of hydrogen-bond acceptors (Lipinski definition) is 4. The maximum atomic E-state index is 11.9. The number of hydrogen-bond donors (Lipinski definition) is 2. The van der Waals surface area contributed by atoms with Crippen LogP contribution in [0, 0.1) is 5.92 Å². The van der Waals surface area contributed by atoms with E-state index in [2.05, 4.69) is 0 Å². The number of rotatable bonds is 6. The molecule has 22 heavy (non-hydrogen) atoms. The fourth-order valence-corrected chi connectivity index (χ4v) is 1.84. The van der Waals surface area contributed by atoms with Crippen molar-refractivity contribution in [2.24, 2.45) is 11.7 Å². The highest BCUT2D eigenvalue weighted by atomic mass is 16.6. The summed E-state index contributed by atoms with van der Waals surface area (Å²) in [5.74, 6) is -3.39. The monoisotopic (exact) mass is 305 g/mol. The number of carboxylic acids is 1. The second-order valence-electron chi connectivity index (χ2n) is 6.09. The van der Waals surface area contributed by atoms with Crippen molar-refractivity contribution in [2.75, 3.05) is 0 Å². The SMILES string of the molecule is CC(C)(C)OC(=O)C(C=C[C@@H](N)Cc1ccccc1)C(=O)O. The molecule has 2 atom stereocenters. The van der Waals surface area contributed by atoms with E-state index in [4.69, 9.17) is 15.6 Å². The van der Waals surface area contributed by atoms with Crippen molar-refractivity contribution in [3.05, 3.63) is 48.0 Å². The molecule has 3 N–H and O–H groups in total. The minimum absolute atomic E-state index is 0.369. The normalized spacial score (nSPS) is 14.5. The number of esters is 1. The van der Waals surface area contributed by atoms with E-state index in [1.54, 1.807) is 20.8 Å². The van der Waals surface area contributed by atoms with Crippen LogP contribution in [-0.4, -0.2) is 28.7 Å². The Morgan fingerprint density at radius 2 is 1.82 bits per heavy atom. The fourth-order valence-electron chi connectivity index (χ4n) is 1.84. The van der Waals surface area contributed by atoms with Gasteiger partial charge < -0.3 is 15.6 Å². The molecule has 5 nitrogen and oxygen atoms in total. The van der Waals surface area contributed by atoms with Gasteiger partial charge in [0.2, 0.25) is 0 Å². The summed E-state index contributed by atoms with van der Waals surface area (Å²) in [6.45, 7) is 5.07. The number of benzene rings is 1. The zero-order chi connectivity index (χ0) is 16.8. The Kier molecular flexibility index (Phi) is 6.31. The number of aliphatic carboxylic acids is 1. The largest absolute Gasteiger partial charge is 0.480 e. The van der Waals surface area contributed by atoms with Gasteiger partial charge in [0.1, 0.15) is 5.60 Å². The highest BCUT2D eigenvalue weighted by Crippen LogP contribution is 2.13. The molecule has 1 aromatic rings. The topological polar surface area (TPSA) is 89.6 Å². The maximum Gasteiger partial charge on any atom is 0.324 e. The molecule has 0 heterocycles. The highest BCUT2D eigenvalue weighted by Gasteiger charge is 2.28. The second-order valence-corrected chi connectivity index (χ2v) is 6.09. The van der Waals surface area contributed by atoms with E-state index in [9.17, 15) is 9.59 Å². The summed E-state index contributed by atoms with van der Waals surface area (Å²) in [4.78, 5) is 23.1. The Bertz CT molecular complexity index is 531. The molecule has 120 valence electrons. The Morgan fingerprint density at radius 3 is 2.32 bits per heavy atom. The van der Waals surface area contributed by atoms with Crippen molar-refractivity contribution in [3.8, 4) is 0 Å². The molecule has 1 unspecified atom stereocenters. The molecule has 0 saturated carbocycles. The first-order valence-electron chi connectivity index (χ1n) is 7.12. The van der Waals surface area contributed by atoms with Crippen LogP contribution in [0.1, 0.15) is 26.3 Å². The average molecular weight is 305 g/mol. The average Bonchev–Trinajstić information content (AvgIpc) is 2.37. The number of nitrogens with two attached hydrogens (primary N) is 1. The van der Waals surface area contributed by atoms with Crippen molar-refractivity contribution in [2.45, 2.75) is 38.8 Å². The van der Waals surface area contributed by atoms with E-state index in [0.29, 0.717) is 6.42 Å². The highest BCUT2D eigenvalue weighted by molar-refractivity contribution is 5.96. The molecule has 0 aliphatic heterocycles. The van der Waals surface area contributed by atoms with Crippen LogP contribution in [0.4, 0.5) is 0 Å². The third-order valence-corrected chi connectivity index (χ3v) is 2.79. The minimum Gasteiger partial charge on any atom is -0.480 e. The third-order valence-electron chi connectivity index (χ3n) is 2.79. The summed E-state index contributed by atoms with van der Waals surface area (Å²) in [7, 11) is 0. The van der Waals surface area contributed by atoms with Gasteiger partial charge in [-0.3, -0.25) is 9.59 Å². The zero-order valence-electron chi connectivity index (χ0n) is 13.2. The van der Waals surface area contributed by atoms with Crippen molar-refractivity contribution < 1.29 is 19.4 Å². The first-order chi connectivity index (χ1) is 10.2. The smallest absolute Gasteiger partial charge is 0.324 e. The van der Waals surface area contributed by atoms with E-state index in [1.165, 1.54) is 12.2 Å².